The normalized spacial score (nSPS) is 12.2. The lowest BCUT2D eigenvalue weighted by atomic mass is 10.2. The summed E-state index contributed by atoms with van der Waals surface area (Å²) in [6, 6.07) is 3.49. The van der Waals surface area contributed by atoms with Crippen LogP contribution in [0.5, 0.6) is 0 Å². The molecule has 0 unspecified atom stereocenters. The van der Waals surface area contributed by atoms with Gasteiger partial charge in [-0.3, -0.25) is 0 Å². The van der Waals surface area contributed by atoms with E-state index in [1.807, 2.05) is 13.8 Å². The van der Waals surface area contributed by atoms with Crippen molar-refractivity contribution in [1.82, 2.24) is 15.0 Å². The van der Waals surface area contributed by atoms with Crippen LogP contribution in [0.25, 0.3) is 21.7 Å². The molecule has 2 aromatic heterocycles. The smallest absolute Gasteiger partial charge is 0.337 e. The number of rotatable bonds is 1. The largest absolute Gasteiger partial charge is 0.416 e. The summed E-state index contributed by atoms with van der Waals surface area (Å²) in [7, 11) is 0. The van der Waals surface area contributed by atoms with Crippen molar-refractivity contribution in [2.75, 3.05) is 0 Å². The molecule has 3 aromatic rings. The molecule has 3 rings (SSSR count). The molecule has 0 bridgehead atoms. The molecular formula is C13H10F3N3S. The lowest BCUT2D eigenvalue weighted by Crippen LogP contribution is -2.04. The summed E-state index contributed by atoms with van der Waals surface area (Å²) >= 11 is 1.47. The van der Waals surface area contributed by atoms with Crippen LogP contribution >= 0.6 is 11.3 Å². The number of alkyl halides is 3. The number of hydrogen-bond donors (Lipinski definition) is 1. The second-order valence-electron chi connectivity index (χ2n) is 4.46. The molecule has 0 aliphatic heterocycles. The minimum absolute atomic E-state index is 0.375. The molecule has 0 atom stereocenters. The van der Waals surface area contributed by atoms with E-state index >= 15 is 0 Å². The van der Waals surface area contributed by atoms with Gasteiger partial charge in [-0.25, -0.2) is 9.97 Å². The third-order valence-electron chi connectivity index (χ3n) is 2.93. The number of H-pyrrole nitrogens is 1. The maximum atomic E-state index is 12.7. The zero-order chi connectivity index (χ0) is 14.5. The first-order valence-corrected chi connectivity index (χ1v) is 6.67. The number of benzene rings is 1. The Bertz CT molecular complexity index is 786. The molecule has 0 amide bonds. The van der Waals surface area contributed by atoms with E-state index in [1.165, 1.54) is 17.4 Å². The molecule has 0 aliphatic rings. The van der Waals surface area contributed by atoms with Gasteiger partial charge in [0, 0.05) is 0 Å². The van der Waals surface area contributed by atoms with Gasteiger partial charge in [-0.05, 0) is 32.0 Å². The van der Waals surface area contributed by atoms with Crippen molar-refractivity contribution in [2.24, 2.45) is 0 Å². The molecule has 2 heterocycles. The Kier molecular flexibility index (Phi) is 2.82. The molecule has 1 aromatic carbocycles. The number of fused-ring (bicyclic) bond motifs is 1. The number of nitrogens with zero attached hydrogens (tertiary/aromatic N) is 2. The van der Waals surface area contributed by atoms with Gasteiger partial charge in [-0.2, -0.15) is 13.2 Å². The Balaban J connectivity index is 2.14. The van der Waals surface area contributed by atoms with Crippen LogP contribution in [0.3, 0.4) is 0 Å². The maximum Gasteiger partial charge on any atom is 0.416 e. The Morgan fingerprint density at radius 1 is 1.15 bits per heavy atom. The van der Waals surface area contributed by atoms with E-state index in [9.17, 15) is 13.2 Å². The summed E-state index contributed by atoms with van der Waals surface area (Å²) in [5.74, 6) is 0.558. The van der Waals surface area contributed by atoms with E-state index in [1.54, 1.807) is 0 Å². The van der Waals surface area contributed by atoms with Crippen molar-refractivity contribution in [3.05, 3.63) is 34.5 Å². The minimum Gasteiger partial charge on any atom is -0.337 e. The standard InChI is InChI=1S/C13H10F3N3S/c1-6-11(20-7(2)17-6)12-18-9-4-3-8(13(14,15)16)5-10(9)19-12/h3-5H,1-2H3,(H,18,19). The molecular weight excluding hydrogens is 287 g/mol. The summed E-state index contributed by atoms with van der Waals surface area (Å²) < 4.78 is 38.0. The summed E-state index contributed by atoms with van der Waals surface area (Å²) in [6.07, 6.45) is -4.35. The molecule has 7 heteroatoms. The third kappa shape index (κ3) is 2.18. The topological polar surface area (TPSA) is 41.6 Å². The Morgan fingerprint density at radius 2 is 1.90 bits per heavy atom. The number of halogens is 3. The number of thiazole rings is 1. The van der Waals surface area contributed by atoms with Gasteiger partial charge in [-0.1, -0.05) is 0 Å². The monoisotopic (exact) mass is 297 g/mol. The van der Waals surface area contributed by atoms with E-state index in [-0.39, 0.29) is 0 Å². The highest BCUT2D eigenvalue weighted by atomic mass is 32.1. The van der Waals surface area contributed by atoms with Gasteiger partial charge in [0.15, 0.2) is 5.82 Å². The number of hydrogen-bond acceptors (Lipinski definition) is 3. The highest BCUT2D eigenvalue weighted by Gasteiger charge is 2.30. The van der Waals surface area contributed by atoms with Gasteiger partial charge in [-0.15, -0.1) is 11.3 Å². The number of aromatic nitrogens is 3. The predicted octanol–water partition coefficient (Wildman–Crippen LogP) is 4.32. The Labute approximate surface area is 116 Å². The van der Waals surface area contributed by atoms with Crippen molar-refractivity contribution >= 4 is 22.4 Å². The van der Waals surface area contributed by atoms with Crippen LogP contribution in [0, 0.1) is 13.8 Å². The van der Waals surface area contributed by atoms with E-state index < -0.39 is 11.7 Å². The lowest BCUT2D eigenvalue weighted by Gasteiger charge is -2.05. The average molecular weight is 297 g/mol. The Morgan fingerprint density at radius 3 is 2.50 bits per heavy atom. The van der Waals surface area contributed by atoms with Crippen molar-refractivity contribution < 1.29 is 13.2 Å². The molecule has 0 fully saturated rings. The first kappa shape index (κ1) is 13.1. The molecule has 0 saturated carbocycles. The van der Waals surface area contributed by atoms with Gasteiger partial charge >= 0.3 is 6.18 Å². The second-order valence-corrected chi connectivity index (χ2v) is 5.67. The van der Waals surface area contributed by atoms with Crippen LogP contribution in [-0.2, 0) is 6.18 Å². The van der Waals surface area contributed by atoms with E-state index in [2.05, 4.69) is 15.0 Å². The summed E-state index contributed by atoms with van der Waals surface area (Å²) in [5, 5.41) is 0.897. The van der Waals surface area contributed by atoms with Gasteiger partial charge < -0.3 is 4.98 Å². The van der Waals surface area contributed by atoms with Crippen LogP contribution in [0.15, 0.2) is 18.2 Å². The number of aromatic amines is 1. The molecule has 0 aliphatic carbocycles. The first-order valence-electron chi connectivity index (χ1n) is 5.86. The fourth-order valence-electron chi connectivity index (χ4n) is 2.04. The van der Waals surface area contributed by atoms with E-state index in [0.717, 1.165) is 27.7 Å². The van der Waals surface area contributed by atoms with Crippen molar-refractivity contribution in [2.45, 2.75) is 20.0 Å². The zero-order valence-corrected chi connectivity index (χ0v) is 11.5. The lowest BCUT2D eigenvalue weighted by molar-refractivity contribution is -0.137. The van der Waals surface area contributed by atoms with Crippen molar-refractivity contribution in [3.63, 3.8) is 0 Å². The molecule has 20 heavy (non-hydrogen) atoms. The highest BCUT2D eigenvalue weighted by molar-refractivity contribution is 7.15. The van der Waals surface area contributed by atoms with Gasteiger partial charge in [0.25, 0.3) is 0 Å². The molecule has 3 nitrogen and oxygen atoms in total. The molecule has 0 spiro atoms. The maximum absolute atomic E-state index is 12.7. The molecule has 0 radical (unpaired) electrons. The highest BCUT2D eigenvalue weighted by Crippen LogP contribution is 2.33. The predicted molar refractivity (Wildman–Crippen MR) is 71.7 cm³/mol. The van der Waals surface area contributed by atoms with Crippen molar-refractivity contribution in [1.29, 1.82) is 0 Å². The quantitative estimate of drug-likeness (QED) is 0.726. The van der Waals surface area contributed by atoms with E-state index in [0.29, 0.717) is 16.9 Å². The van der Waals surface area contributed by atoms with Crippen LogP contribution in [0.4, 0.5) is 13.2 Å². The Hall–Kier alpha value is -1.89. The van der Waals surface area contributed by atoms with Crippen LogP contribution < -0.4 is 0 Å². The molecule has 1 N–H and O–H groups in total. The minimum atomic E-state index is -4.35. The third-order valence-corrected chi connectivity index (χ3v) is 4.01. The van der Waals surface area contributed by atoms with Gasteiger partial charge in [0.2, 0.25) is 0 Å². The molecule has 0 saturated heterocycles. The number of aryl methyl sites for hydroxylation is 2. The second kappa shape index (κ2) is 4.31. The first-order chi connectivity index (χ1) is 9.34. The SMILES string of the molecule is Cc1nc(C)c(-c2nc3ccc(C(F)(F)F)cc3[nH]2)s1. The average Bonchev–Trinajstić information content (AvgIpc) is 2.89. The summed E-state index contributed by atoms with van der Waals surface area (Å²) in [4.78, 5) is 12.4. The van der Waals surface area contributed by atoms with Crippen LogP contribution in [0.1, 0.15) is 16.3 Å². The van der Waals surface area contributed by atoms with Gasteiger partial charge in [0.1, 0.15) is 0 Å². The van der Waals surface area contributed by atoms with Crippen LogP contribution in [-0.4, -0.2) is 15.0 Å². The van der Waals surface area contributed by atoms with Crippen LogP contribution in [0.2, 0.25) is 0 Å². The van der Waals surface area contributed by atoms with Crippen molar-refractivity contribution in [3.8, 4) is 10.7 Å². The number of imidazole rings is 1. The van der Waals surface area contributed by atoms with Gasteiger partial charge in [0.05, 0.1) is 32.2 Å². The molecule has 104 valence electrons. The fourth-order valence-corrected chi connectivity index (χ4v) is 2.91. The fraction of sp³-hybridized carbons (Fsp3) is 0.231. The van der Waals surface area contributed by atoms with E-state index in [4.69, 9.17) is 0 Å². The number of nitrogens with one attached hydrogen (secondary N) is 1. The zero-order valence-electron chi connectivity index (χ0n) is 10.7. The summed E-state index contributed by atoms with van der Waals surface area (Å²) in [5.41, 5.74) is 1.03. The summed E-state index contributed by atoms with van der Waals surface area (Å²) in [6.45, 7) is 3.73.